The van der Waals surface area contributed by atoms with E-state index >= 15 is 0 Å². The molecule has 124 valence electrons. The van der Waals surface area contributed by atoms with Gasteiger partial charge in [-0.25, -0.2) is 4.68 Å². The maximum Gasteiger partial charge on any atom is 0.254 e. The summed E-state index contributed by atoms with van der Waals surface area (Å²) in [7, 11) is 0. The lowest BCUT2D eigenvalue weighted by molar-refractivity contribution is 0.0941. The number of nitrogens with one attached hydrogen (secondary N) is 1. The first-order chi connectivity index (χ1) is 10.9. The van der Waals surface area contributed by atoms with E-state index in [4.69, 9.17) is 17.3 Å². The lowest BCUT2D eigenvalue weighted by Crippen LogP contribution is -2.49. The molecule has 0 fully saturated rings. The Kier molecular flexibility index (Phi) is 5.44. The molecule has 2 aromatic rings. The van der Waals surface area contributed by atoms with Crippen molar-refractivity contribution in [3.05, 3.63) is 46.7 Å². The number of hydrogen-bond donors (Lipinski definition) is 2. The molecule has 23 heavy (non-hydrogen) atoms. The SMILES string of the molecule is CCC(N)(CC)CNC(=O)c1cnn(-c2ccccc2Cl)c1C. The number of rotatable bonds is 6. The third-order valence-electron chi connectivity index (χ3n) is 4.34. The standard InChI is InChI=1S/C17H23ClN4O/c1-4-17(19,5-2)11-20-16(23)13-10-21-22(12(13)3)15-9-7-6-8-14(15)18/h6-10H,4-5,11,19H2,1-3H3,(H,20,23). The van der Waals surface area contributed by atoms with Crippen LogP contribution < -0.4 is 11.1 Å². The van der Waals surface area contributed by atoms with Crippen LogP contribution in [0.5, 0.6) is 0 Å². The second-order valence-corrected chi connectivity index (χ2v) is 6.17. The molecule has 0 radical (unpaired) electrons. The fourth-order valence-electron chi connectivity index (χ4n) is 2.35. The molecule has 0 bridgehead atoms. The van der Waals surface area contributed by atoms with Gasteiger partial charge in [-0.3, -0.25) is 4.79 Å². The quantitative estimate of drug-likeness (QED) is 0.852. The number of nitrogens with two attached hydrogens (primary N) is 1. The van der Waals surface area contributed by atoms with E-state index in [-0.39, 0.29) is 11.4 Å². The number of hydrogen-bond acceptors (Lipinski definition) is 3. The van der Waals surface area contributed by atoms with E-state index in [0.717, 1.165) is 24.2 Å². The van der Waals surface area contributed by atoms with Crippen LogP contribution >= 0.6 is 11.6 Å². The molecule has 0 aliphatic rings. The molecule has 0 aliphatic carbocycles. The topological polar surface area (TPSA) is 72.9 Å². The predicted octanol–water partition coefficient (Wildman–Crippen LogP) is 3.08. The molecule has 0 aliphatic heterocycles. The van der Waals surface area contributed by atoms with Gasteiger partial charge in [0, 0.05) is 12.1 Å². The Labute approximate surface area is 141 Å². The normalized spacial score (nSPS) is 11.5. The summed E-state index contributed by atoms with van der Waals surface area (Å²) in [4.78, 5) is 12.4. The first-order valence-corrected chi connectivity index (χ1v) is 8.16. The summed E-state index contributed by atoms with van der Waals surface area (Å²) >= 11 is 6.20. The Bertz CT molecular complexity index is 692. The van der Waals surface area contributed by atoms with Crippen molar-refractivity contribution in [1.82, 2.24) is 15.1 Å². The van der Waals surface area contributed by atoms with Crippen LogP contribution in [-0.4, -0.2) is 27.8 Å². The highest BCUT2D eigenvalue weighted by molar-refractivity contribution is 6.32. The minimum atomic E-state index is -0.373. The Hall–Kier alpha value is -1.85. The van der Waals surface area contributed by atoms with E-state index < -0.39 is 0 Å². The zero-order valence-electron chi connectivity index (χ0n) is 13.8. The fourth-order valence-corrected chi connectivity index (χ4v) is 2.57. The Morgan fingerprint density at radius 2 is 2.00 bits per heavy atom. The van der Waals surface area contributed by atoms with Gasteiger partial charge in [0.2, 0.25) is 0 Å². The van der Waals surface area contributed by atoms with Crippen LogP contribution in [-0.2, 0) is 0 Å². The number of benzene rings is 1. The molecule has 5 nitrogen and oxygen atoms in total. The van der Waals surface area contributed by atoms with Crippen molar-refractivity contribution in [2.45, 2.75) is 39.2 Å². The van der Waals surface area contributed by atoms with Crippen LogP contribution in [0.2, 0.25) is 5.02 Å². The summed E-state index contributed by atoms with van der Waals surface area (Å²) in [5, 5.41) is 7.79. The van der Waals surface area contributed by atoms with Gasteiger partial charge in [-0.05, 0) is 31.9 Å². The predicted molar refractivity (Wildman–Crippen MR) is 93.1 cm³/mol. The minimum Gasteiger partial charge on any atom is -0.350 e. The summed E-state index contributed by atoms with van der Waals surface area (Å²) in [6.07, 6.45) is 3.17. The molecule has 0 spiro atoms. The monoisotopic (exact) mass is 334 g/mol. The zero-order chi connectivity index (χ0) is 17.0. The van der Waals surface area contributed by atoms with E-state index in [1.54, 1.807) is 16.9 Å². The van der Waals surface area contributed by atoms with Gasteiger partial charge in [0.05, 0.1) is 28.2 Å². The van der Waals surface area contributed by atoms with Crippen LogP contribution in [0, 0.1) is 6.92 Å². The lowest BCUT2D eigenvalue weighted by Gasteiger charge is -2.26. The number of carbonyl (C=O) groups excluding carboxylic acids is 1. The van der Waals surface area contributed by atoms with Crippen molar-refractivity contribution in [3.8, 4) is 5.69 Å². The first kappa shape index (κ1) is 17.5. The van der Waals surface area contributed by atoms with Gasteiger partial charge in [0.1, 0.15) is 0 Å². The molecule has 1 aromatic heterocycles. The molecule has 0 atom stereocenters. The highest BCUT2D eigenvalue weighted by Crippen LogP contribution is 2.22. The molecule has 1 heterocycles. The molecule has 2 rings (SSSR count). The van der Waals surface area contributed by atoms with Gasteiger partial charge in [0.15, 0.2) is 0 Å². The Morgan fingerprint density at radius 3 is 2.61 bits per heavy atom. The Morgan fingerprint density at radius 1 is 1.35 bits per heavy atom. The van der Waals surface area contributed by atoms with Gasteiger partial charge in [-0.15, -0.1) is 0 Å². The fraction of sp³-hybridized carbons (Fsp3) is 0.412. The van der Waals surface area contributed by atoms with Gasteiger partial charge in [-0.1, -0.05) is 37.6 Å². The number of carbonyl (C=O) groups is 1. The lowest BCUT2D eigenvalue weighted by atomic mass is 9.94. The van der Waals surface area contributed by atoms with Crippen LogP contribution in [0.25, 0.3) is 5.69 Å². The van der Waals surface area contributed by atoms with Gasteiger partial charge in [-0.2, -0.15) is 5.10 Å². The molecular weight excluding hydrogens is 312 g/mol. The van der Waals surface area contributed by atoms with Gasteiger partial charge >= 0.3 is 0 Å². The summed E-state index contributed by atoms with van der Waals surface area (Å²) in [6, 6.07) is 7.40. The minimum absolute atomic E-state index is 0.169. The van der Waals surface area contributed by atoms with Crippen molar-refractivity contribution in [3.63, 3.8) is 0 Å². The van der Waals surface area contributed by atoms with E-state index in [0.29, 0.717) is 17.1 Å². The summed E-state index contributed by atoms with van der Waals surface area (Å²) in [5.41, 5.74) is 7.87. The maximum absolute atomic E-state index is 12.4. The van der Waals surface area contributed by atoms with Crippen molar-refractivity contribution in [2.75, 3.05) is 6.54 Å². The number of amides is 1. The van der Waals surface area contributed by atoms with Crippen molar-refractivity contribution in [2.24, 2.45) is 5.73 Å². The first-order valence-electron chi connectivity index (χ1n) is 7.78. The Balaban J connectivity index is 2.19. The highest BCUT2D eigenvalue weighted by atomic mass is 35.5. The highest BCUT2D eigenvalue weighted by Gasteiger charge is 2.23. The van der Waals surface area contributed by atoms with Gasteiger partial charge < -0.3 is 11.1 Å². The van der Waals surface area contributed by atoms with E-state index in [9.17, 15) is 4.79 Å². The maximum atomic E-state index is 12.4. The largest absolute Gasteiger partial charge is 0.350 e. The second kappa shape index (κ2) is 7.15. The third kappa shape index (κ3) is 3.74. The summed E-state index contributed by atoms with van der Waals surface area (Å²) in [5.74, 6) is -0.169. The van der Waals surface area contributed by atoms with Crippen LogP contribution in [0.15, 0.2) is 30.5 Å². The van der Waals surface area contributed by atoms with Crippen LogP contribution in [0.3, 0.4) is 0 Å². The van der Waals surface area contributed by atoms with E-state index in [1.807, 2.05) is 39.0 Å². The van der Waals surface area contributed by atoms with Crippen LogP contribution in [0.1, 0.15) is 42.7 Å². The average molecular weight is 335 g/mol. The van der Waals surface area contributed by atoms with Crippen molar-refractivity contribution in [1.29, 1.82) is 0 Å². The zero-order valence-corrected chi connectivity index (χ0v) is 14.5. The third-order valence-corrected chi connectivity index (χ3v) is 4.66. The molecule has 0 unspecified atom stereocenters. The van der Waals surface area contributed by atoms with Crippen LogP contribution in [0.4, 0.5) is 0 Å². The molecule has 1 aromatic carbocycles. The molecule has 0 saturated carbocycles. The number of nitrogens with zero attached hydrogens (tertiary/aromatic N) is 2. The summed E-state index contributed by atoms with van der Waals surface area (Å²) in [6.45, 7) is 6.34. The van der Waals surface area contributed by atoms with Crippen molar-refractivity contribution >= 4 is 17.5 Å². The van der Waals surface area contributed by atoms with Crippen molar-refractivity contribution < 1.29 is 4.79 Å². The molecule has 1 amide bonds. The second-order valence-electron chi connectivity index (χ2n) is 5.76. The molecule has 0 saturated heterocycles. The number of halogens is 1. The molecule has 3 N–H and O–H groups in total. The van der Waals surface area contributed by atoms with Gasteiger partial charge in [0.25, 0.3) is 5.91 Å². The van der Waals surface area contributed by atoms with E-state index in [1.165, 1.54) is 0 Å². The number of aromatic nitrogens is 2. The number of para-hydroxylation sites is 1. The molecule has 6 heteroatoms. The van der Waals surface area contributed by atoms with E-state index in [2.05, 4.69) is 10.4 Å². The molecular formula is C17H23ClN4O. The summed E-state index contributed by atoms with van der Waals surface area (Å²) < 4.78 is 1.67. The smallest absolute Gasteiger partial charge is 0.254 e. The average Bonchev–Trinajstić information content (AvgIpc) is 2.94.